The molecule has 0 radical (unpaired) electrons. The Kier molecular flexibility index (Phi) is 6.22. The van der Waals surface area contributed by atoms with Gasteiger partial charge in [0.25, 0.3) is 5.91 Å². The van der Waals surface area contributed by atoms with Gasteiger partial charge in [0.1, 0.15) is 17.1 Å². The summed E-state index contributed by atoms with van der Waals surface area (Å²) >= 11 is 0. The number of esters is 1. The van der Waals surface area contributed by atoms with E-state index in [-0.39, 0.29) is 22.8 Å². The second kappa shape index (κ2) is 9.40. The molecule has 0 aliphatic heterocycles. The number of nitrogens with one attached hydrogen (secondary N) is 1. The van der Waals surface area contributed by atoms with Crippen LogP contribution >= 0.6 is 0 Å². The van der Waals surface area contributed by atoms with Crippen LogP contribution in [0.15, 0.2) is 77.2 Å². The van der Waals surface area contributed by atoms with Gasteiger partial charge >= 0.3 is 5.97 Å². The maximum atomic E-state index is 13.3. The maximum absolute atomic E-state index is 13.3. The third kappa shape index (κ3) is 4.62. The molecule has 0 saturated heterocycles. The number of ether oxygens (including phenoxy) is 2. The van der Waals surface area contributed by atoms with Crippen LogP contribution in [0.5, 0.6) is 11.5 Å². The molecule has 0 bridgehead atoms. The summed E-state index contributed by atoms with van der Waals surface area (Å²) in [5.41, 5.74) is 1.23. The minimum Gasteiger partial charge on any atom is -0.494 e. The number of benzene rings is 3. The quantitative estimate of drug-likeness (QED) is 0.238. The zero-order valence-corrected chi connectivity index (χ0v) is 18.1. The molecule has 4 rings (SSSR count). The van der Waals surface area contributed by atoms with Crippen LogP contribution in [-0.2, 0) is 4.79 Å². The van der Waals surface area contributed by atoms with Gasteiger partial charge in [-0.25, -0.2) is 0 Å². The second-order valence-corrected chi connectivity index (χ2v) is 7.13. The molecular formula is C26H21NO6. The van der Waals surface area contributed by atoms with E-state index in [9.17, 15) is 14.4 Å². The van der Waals surface area contributed by atoms with Crippen LogP contribution in [0.4, 0.5) is 5.69 Å². The highest BCUT2D eigenvalue weighted by Gasteiger charge is 2.25. The Bertz CT molecular complexity index is 1340. The number of anilines is 1. The van der Waals surface area contributed by atoms with Gasteiger partial charge in [0.2, 0.25) is 5.78 Å². The SMILES string of the molecule is CCOc1ccc(C(=O)c2oc3ccccc3c2NC(=O)c2ccccc2OC(C)=O)cc1. The summed E-state index contributed by atoms with van der Waals surface area (Å²) in [5.74, 6) is -0.713. The molecule has 7 heteroatoms. The molecule has 1 N–H and O–H groups in total. The van der Waals surface area contributed by atoms with E-state index in [0.29, 0.717) is 28.9 Å². The fourth-order valence-corrected chi connectivity index (χ4v) is 3.41. The summed E-state index contributed by atoms with van der Waals surface area (Å²) in [5, 5.41) is 3.35. The first-order chi connectivity index (χ1) is 16.0. The zero-order chi connectivity index (χ0) is 23.4. The van der Waals surface area contributed by atoms with E-state index >= 15 is 0 Å². The molecule has 3 aromatic carbocycles. The van der Waals surface area contributed by atoms with Gasteiger partial charge in [-0.2, -0.15) is 0 Å². The fourth-order valence-electron chi connectivity index (χ4n) is 3.41. The van der Waals surface area contributed by atoms with Gasteiger partial charge < -0.3 is 19.2 Å². The number of hydrogen-bond acceptors (Lipinski definition) is 6. The molecule has 1 aromatic heterocycles. The normalized spacial score (nSPS) is 10.6. The van der Waals surface area contributed by atoms with Gasteiger partial charge in [-0.3, -0.25) is 14.4 Å². The van der Waals surface area contributed by atoms with Crippen molar-refractivity contribution in [3.8, 4) is 11.5 Å². The number of carbonyl (C=O) groups excluding carboxylic acids is 3. The number of furan rings is 1. The number of para-hydroxylation sites is 2. The maximum Gasteiger partial charge on any atom is 0.308 e. The minimum absolute atomic E-state index is 0.00122. The first-order valence-corrected chi connectivity index (χ1v) is 10.4. The third-order valence-corrected chi connectivity index (χ3v) is 4.85. The molecule has 4 aromatic rings. The van der Waals surface area contributed by atoms with Crippen molar-refractivity contribution >= 4 is 34.3 Å². The zero-order valence-electron chi connectivity index (χ0n) is 18.1. The van der Waals surface area contributed by atoms with Crippen LogP contribution in [0, 0.1) is 0 Å². The van der Waals surface area contributed by atoms with E-state index in [0.717, 1.165) is 0 Å². The van der Waals surface area contributed by atoms with Gasteiger partial charge in [0.15, 0.2) is 5.76 Å². The van der Waals surface area contributed by atoms with Gasteiger partial charge in [-0.1, -0.05) is 24.3 Å². The molecule has 0 atom stereocenters. The van der Waals surface area contributed by atoms with Crippen LogP contribution in [0.2, 0.25) is 0 Å². The molecule has 0 fully saturated rings. The summed E-state index contributed by atoms with van der Waals surface area (Å²) < 4.78 is 16.4. The number of rotatable bonds is 7. The lowest BCUT2D eigenvalue weighted by Gasteiger charge is -2.10. The molecule has 166 valence electrons. The largest absolute Gasteiger partial charge is 0.494 e. The van der Waals surface area contributed by atoms with Gasteiger partial charge in [0, 0.05) is 17.9 Å². The van der Waals surface area contributed by atoms with Crippen molar-refractivity contribution in [2.45, 2.75) is 13.8 Å². The van der Waals surface area contributed by atoms with Crippen LogP contribution in [0.1, 0.15) is 40.3 Å². The average molecular weight is 443 g/mol. The van der Waals surface area contributed by atoms with Crippen molar-refractivity contribution in [1.82, 2.24) is 0 Å². The number of hydrogen-bond donors (Lipinski definition) is 1. The molecule has 1 heterocycles. The molecule has 0 unspecified atom stereocenters. The number of carbonyl (C=O) groups is 3. The van der Waals surface area contributed by atoms with Crippen LogP contribution in [0.3, 0.4) is 0 Å². The summed E-state index contributed by atoms with van der Waals surface area (Å²) in [4.78, 5) is 37.8. The average Bonchev–Trinajstić information content (AvgIpc) is 3.17. The fraction of sp³-hybridized carbons (Fsp3) is 0.115. The Hall–Kier alpha value is -4.39. The van der Waals surface area contributed by atoms with Crippen LogP contribution < -0.4 is 14.8 Å². The Morgan fingerprint density at radius 3 is 2.33 bits per heavy atom. The molecular weight excluding hydrogens is 422 g/mol. The summed E-state index contributed by atoms with van der Waals surface area (Å²) in [6, 6.07) is 20.1. The first kappa shape index (κ1) is 21.8. The monoisotopic (exact) mass is 443 g/mol. The van der Waals surface area contributed by atoms with E-state index in [2.05, 4.69) is 5.32 Å². The highest BCUT2D eigenvalue weighted by Crippen LogP contribution is 2.33. The molecule has 0 aliphatic carbocycles. The molecule has 33 heavy (non-hydrogen) atoms. The van der Waals surface area contributed by atoms with E-state index < -0.39 is 17.7 Å². The lowest BCUT2D eigenvalue weighted by molar-refractivity contribution is -0.131. The van der Waals surface area contributed by atoms with Crippen molar-refractivity contribution in [2.24, 2.45) is 0 Å². The Labute approximate surface area is 189 Å². The molecule has 0 spiro atoms. The van der Waals surface area contributed by atoms with Gasteiger partial charge in [-0.05, 0) is 55.5 Å². The molecule has 0 aliphatic rings. The first-order valence-electron chi connectivity index (χ1n) is 10.4. The molecule has 0 saturated carbocycles. The van der Waals surface area contributed by atoms with E-state index in [1.807, 2.05) is 6.92 Å². The van der Waals surface area contributed by atoms with Crippen molar-refractivity contribution in [3.05, 3.63) is 89.7 Å². The topological polar surface area (TPSA) is 94.8 Å². The van der Waals surface area contributed by atoms with Gasteiger partial charge in [0.05, 0.1) is 17.9 Å². The van der Waals surface area contributed by atoms with E-state index in [1.54, 1.807) is 60.7 Å². The lowest BCUT2D eigenvalue weighted by Crippen LogP contribution is -2.16. The standard InChI is InChI=1S/C26H21NO6/c1-3-31-18-14-12-17(13-15-18)24(29)25-23(19-8-4-6-10-21(19)33-25)27-26(30)20-9-5-7-11-22(20)32-16(2)28/h4-15H,3H2,1-2H3,(H,27,30). The summed E-state index contributed by atoms with van der Waals surface area (Å²) in [7, 11) is 0. The molecule has 7 nitrogen and oxygen atoms in total. The van der Waals surface area contributed by atoms with Crippen molar-refractivity contribution < 1.29 is 28.3 Å². The Balaban J connectivity index is 1.72. The second-order valence-electron chi connectivity index (χ2n) is 7.13. The molecule has 1 amide bonds. The van der Waals surface area contributed by atoms with Crippen molar-refractivity contribution in [1.29, 1.82) is 0 Å². The predicted octanol–water partition coefficient (Wildman–Crippen LogP) is 5.24. The van der Waals surface area contributed by atoms with Crippen molar-refractivity contribution in [3.63, 3.8) is 0 Å². The van der Waals surface area contributed by atoms with E-state index in [1.165, 1.54) is 19.1 Å². The van der Waals surface area contributed by atoms with E-state index in [4.69, 9.17) is 13.9 Å². The van der Waals surface area contributed by atoms with Crippen LogP contribution in [-0.4, -0.2) is 24.3 Å². The number of ketones is 1. The lowest BCUT2D eigenvalue weighted by atomic mass is 10.1. The summed E-state index contributed by atoms with van der Waals surface area (Å²) in [6.07, 6.45) is 0. The third-order valence-electron chi connectivity index (χ3n) is 4.85. The summed E-state index contributed by atoms with van der Waals surface area (Å²) in [6.45, 7) is 3.65. The minimum atomic E-state index is -0.546. The predicted molar refractivity (Wildman–Crippen MR) is 123 cm³/mol. The number of amides is 1. The van der Waals surface area contributed by atoms with Crippen molar-refractivity contribution in [2.75, 3.05) is 11.9 Å². The Morgan fingerprint density at radius 2 is 1.61 bits per heavy atom. The highest BCUT2D eigenvalue weighted by atomic mass is 16.5. The number of fused-ring (bicyclic) bond motifs is 1. The van der Waals surface area contributed by atoms with Gasteiger partial charge in [-0.15, -0.1) is 0 Å². The van der Waals surface area contributed by atoms with Crippen LogP contribution in [0.25, 0.3) is 11.0 Å². The Morgan fingerprint density at radius 1 is 0.909 bits per heavy atom. The smallest absolute Gasteiger partial charge is 0.308 e. The highest BCUT2D eigenvalue weighted by molar-refractivity contribution is 6.19.